The van der Waals surface area contributed by atoms with Crippen LogP contribution < -0.4 is 5.32 Å². The first-order valence-corrected chi connectivity index (χ1v) is 8.48. The normalized spacial score (nSPS) is 11.2. The Bertz CT molecular complexity index is 1360. The molecule has 0 saturated carbocycles. The van der Waals surface area contributed by atoms with E-state index in [9.17, 15) is 53.6 Å². The van der Waals surface area contributed by atoms with Crippen molar-refractivity contribution in [1.82, 2.24) is 0 Å². The number of hydrogen-bond acceptors (Lipinski definition) is 9. The van der Waals surface area contributed by atoms with Gasteiger partial charge in [0.25, 0.3) is 22.7 Å². The molecule has 0 aromatic heterocycles. The molecule has 0 aliphatic heterocycles. The molecule has 0 saturated heterocycles. The highest BCUT2D eigenvalue weighted by Gasteiger charge is 2.40. The zero-order valence-electron chi connectivity index (χ0n) is 15.7. The van der Waals surface area contributed by atoms with Gasteiger partial charge >= 0.3 is 6.18 Å². The third-order valence-electron chi connectivity index (χ3n) is 4.46. The van der Waals surface area contributed by atoms with Gasteiger partial charge in [-0.15, -0.1) is 0 Å². The van der Waals surface area contributed by atoms with Gasteiger partial charge in [0.15, 0.2) is 0 Å². The zero-order valence-corrected chi connectivity index (χ0v) is 15.7. The van der Waals surface area contributed by atoms with Crippen molar-refractivity contribution in [2.45, 2.75) is 6.18 Å². The van der Waals surface area contributed by atoms with Crippen molar-refractivity contribution in [3.05, 3.63) is 88.5 Å². The van der Waals surface area contributed by atoms with E-state index in [-0.39, 0.29) is 22.9 Å². The highest BCUT2D eigenvalue weighted by Crippen LogP contribution is 2.47. The van der Waals surface area contributed by atoms with Crippen LogP contribution in [0.25, 0.3) is 10.8 Å². The number of non-ortho nitro benzene ring substituents is 2. The summed E-state index contributed by atoms with van der Waals surface area (Å²) in [5.41, 5.74) is -8.22. The van der Waals surface area contributed by atoms with Crippen molar-refractivity contribution >= 4 is 44.9 Å². The van der Waals surface area contributed by atoms with Crippen LogP contribution in [-0.4, -0.2) is 19.7 Å². The first-order valence-electron chi connectivity index (χ1n) is 8.48. The number of nitrogens with one attached hydrogen (secondary N) is 1. The smallest absolute Gasteiger partial charge is 0.343 e. The molecule has 0 heterocycles. The minimum absolute atomic E-state index is 0.0365. The lowest BCUT2D eigenvalue weighted by Crippen LogP contribution is -2.12. The molecule has 0 spiro atoms. The summed E-state index contributed by atoms with van der Waals surface area (Å²) >= 11 is 0. The Labute approximate surface area is 178 Å². The van der Waals surface area contributed by atoms with Gasteiger partial charge in [-0.05, 0) is 6.07 Å². The third-order valence-corrected chi connectivity index (χ3v) is 4.46. The summed E-state index contributed by atoms with van der Waals surface area (Å²) in [5.74, 6) is 0. The fourth-order valence-electron chi connectivity index (χ4n) is 3.11. The van der Waals surface area contributed by atoms with Crippen molar-refractivity contribution < 1.29 is 32.9 Å². The Morgan fingerprint density at radius 1 is 0.667 bits per heavy atom. The maximum absolute atomic E-state index is 13.7. The minimum atomic E-state index is -5.34. The van der Waals surface area contributed by atoms with Crippen LogP contribution >= 0.6 is 0 Å². The highest BCUT2D eigenvalue weighted by atomic mass is 19.4. The molecule has 16 heteroatoms. The fraction of sp³-hybridized carbons (Fsp3) is 0.0588. The number of nitrogens with zero attached hydrogens (tertiary/aromatic N) is 4. The lowest BCUT2D eigenvalue weighted by Gasteiger charge is -2.16. The second-order valence-corrected chi connectivity index (χ2v) is 6.37. The van der Waals surface area contributed by atoms with E-state index >= 15 is 0 Å². The summed E-state index contributed by atoms with van der Waals surface area (Å²) in [6, 6.07) is 5.72. The van der Waals surface area contributed by atoms with Crippen LogP contribution in [0.2, 0.25) is 0 Å². The van der Waals surface area contributed by atoms with Gasteiger partial charge in [-0.2, -0.15) is 13.2 Å². The van der Waals surface area contributed by atoms with Crippen LogP contribution in [0.5, 0.6) is 0 Å². The van der Waals surface area contributed by atoms with E-state index in [1.807, 2.05) is 5.32 Å². The van der Waals surface area contributed by atoms with Crippen molar-refractivity contribution in [2.75, 3.05) is 5.32 Å². The van der Waals surface area contributed by atoms with E-state index in [0.29, 0.717) is 6.07 Å². The van der Waals surface area contributed by atoms with Crippen LogP contribution in [0.3, 0.4) is 0 Å². The van der Waals surface area contributed by atoms with Gasteiger partial charge in [0.05, 0.1) is 42.8 Å². The van der Waals surface area contributed by atoms with Crippen molar-refractivity contribution in [3.8, 4) is 0 Å². The molecule has 3 aromatic rings. The average Bonchev–Trinajstić information content (AvgIpc) is 2.72. The molecule has 0 radical (unpaired) electrons. The largest absolute Gasteiger partial charge is 0.418 e. The lowest BCUT2D eigenvalue weighted by atomic mass is 10.0. The number of alkyl halides is 3. The Kier molecular flexibility index (Phi) is 5.51. The van der Waals surface area contributed by atoms with Crippen LogP contribution in [0.15, 0.2) is 42.5 Å². The highest BCUT2D eigenvalue weighted by molar-refractivity contribution is 6.05. The maximum atomic E-state index is 13.7. The average molecular weight is 467 g/mol. The summed E-state index contributed by atoms with van der Waals surface area (Å²) in [5, 5.41) is 46.9. The van der Waals surface area contributed by atoms with Gasteiger partial charge in [-0.1, -0.05) is 18.2 Å². The summed E-state index contributed by atoms with van der Waals surface area (Å²) in [6.45, 7) is 0. The molecular weight excluding hydrogens is 459 g/mol. The number of nitro groups is 4. The van der Waals surface area contributed by atoms with E-state index in [4.69, 9.17) is 0 Å². The summed E-state index contributed by atoms with van der Waals surface area (Å²) < 4.78 is 41.0. The van der Waals surface area contributed by atoms with Crippen molar-refractivity contribution in [1.29, 1.82) is 0 Å². The quantitative estimate of drug-likeness (QED) is 0.374. The second kappa shape index (κ2) is 7.98. The molecule has 170 valence electrons. The van der Waals surface area contributed by atoms with Crippen LogP contribution in [-0.2, 0) is 6.18 Å². The van der Waals surface area contributed by atoms with E-state index in [2.05, 4.69) is 0 Å². The Hall–Kier alpha value is -4.89. The minimum Gasteiger partial charge on any atom is -0.343 e. The van der Waals surface area contributed by atoms with E-state index < -0.39 is 65.6 Å². The first kappa shape index (κ1) is 22.8. The lowest BCUT2D eigenvalue weighted by molar-refractivity contribution is -0.394. The predicted molar refractivity (Wildman–Crippen MR) is 105 cm³/mol. The molecule has 33 heavy (non-hydrogen) atoms. The number of rotatable bonds is 6. The molecular formula is C17H8F3N5O8. The molecule has 1 N–H and O–H groups in total. The summed E-state index contributed by atoms with van der Waals surface area (Å²) in [7, 11) is 0. The number of benzene rings is 3. The van der Waals surface area contributed by atoms with Gasteiger partial charge in [0.1, 0.15) is 11.4 Å². The zero-order chi connectivity index (χ0) is 24.7. The molecule has 0 unspecified atom stereocenters. The summed E-state index contributed by atoms with van der Waals surface area (Å²) in [6.07, 6.45) is -5.34. The van der Waals surface area contributed by atoms with Crippen LogP contribution in [0.4, 0.5) is 47.3 Å². The Morgan fingerprint density at radius 3 is 1.67 bits per heavy atom. The third kappa shape index (κ3) is 4.16. The van der Waals surface area contributed by atoms with E-state index in [1.165, 1.54) is 18.2 Å². The Morgan fingerprint density at radius 2 is 1.18 bits per heavy atom. The summed E-state index contributed by atoms with van der Waals surface area (Å²) in [4.78, 5) is 40.7. The first-order chi connectivity index (χ1) is 15.3. The molecule has 3 aromatic carbocycles. The number of anilines is 2. The SMILES string of the molecule is O=[N+]([O-])c1cc([N+](=O)[O-])c(Nc2c([N+](=O)[O-])cc([N+](=O)[O-])c3ccccc23)c(C(F)(F)F)c1. The van der Waals surface area contributed by atoms with Crippen LogP contribution in [0, 0.1) is 40.5 Å². The maximum Gasteiger partial charge on any atom is 0.418 e. The molecule has 0 fully saturated rings. The fourth-order valence-corrected chi connectivity index (χ4v) is 3.11. The number of halogens is 3. The second-order valence-electron chi connectivity index (χ2n) is 6.37. The van der Waals surface area contributed by atoms with Gasteiger partial charge in [0, 0.05) is 11.5 Å². The number of nitro benzene ring substituents is 4. The van der Waals surface area contributed by atoms with Gasteiger partial charge in [-0.25, -0.2) is 0 Å². The van der Waals surface area contributed by atoms with Crippen molar-refractivity contribution in [3.63, 3.8) is 0 Å². The predicted octanol–water partition coefficient (Wildman–Crippen LogP) is 5.24. The van der Waals surface area contributed by atoms with Gasteiger partial charge in [0.2, 0.25) is 0 Å². The van der Waals surface area contributed by atoms with Gasteiger partial charge < -0.3 is 5.32 Å². The van der Waals surface area contributed by atoms with E-state index in [1.54, 1.807) is 0 Å². The molecule has 0 bridgehead atoms. The molecule has 0 amide bonds. The molecule has 13 nitrogen and oxygen atoms in total. The monoisotopic (exact) mass is 467 g/mol. The number of hydrogen-bond donors (Lipinski definition) is 1. The van der Waals surface area contributed by atoms with Gasteiger partial charge in [-0.3, -0.25) is 40.5 Å². The molecule has 0 aliphatic carbocycles. The standard InChI is InChI=1S/C17H8F3N5O8/c18-17(19,20)11-5-8(22(26)27)6-13(24(30)31)16(11)21-15-10-4-2-1-3-9(10)12(23(28)29)7-14(15)25(32)33/h1-7,21H. The molecule has 0 aliphatic rings. The molecule has 3 rings (SSSR count). The van der Waals surface area contributed by atoms with Crippen LogP contribution in [0.1, 0.15) is 5.56 Å². The number of fused-ring (bicyclic) bond motifs is 1. The Balaban J connectivity index is 2.44. The van der Waals surface area contributed by atoms with Crippen molar-refractivity contribution in [2.24, 2.45) is 0 Å². The van der Waals surface area contributed by atoms with E-state index in [0.717, 1.165) is 6.07 Å². The topological polar surface area (TPSA) is 185 Å². The molecule has 0 atom stereocenters.